The summed E-state index contributed by atoms with van der Waals surface area (Å²) in [5.74, 6) is 0. The monoisotopic (exact) mass is 448 g/mol. The first-order valence-electron chi connectivity index (χ1n) is 11.0. The van der Waals surface area contributed by atoms with E-state index in [4.69, 9.17) is 0 Å². The molecule has 5 aromatic rings. The summed E-state index contributed by atoms with van der Waals surface area (Å²) in [5, 5.41) is 8.15. The smallest absolute Gasteiger partial charge is 0.0178 e. The molecule has 0 unspecified atom stereocenters. The number of aryl methyl sites for hydroxylation is 4. The van der Waals surface area contributed by atoms with Crippen LogP contribution < -0.4 is 10.6 Å². The Morgan fingerprint density at radius 2 is 1.06 bits per heavy atom. The molecule has 0 aromatic heterocycles. The zero-order chi connectivity index (χ0) is 22.2. The van der Waals surface area contributed by atoms with Gasteiger partial charge in [-0.1, -0.05) is 90.5 Å². The summed E-state index contributed by atoms with van der Waals surface area (Å²) in [6, 6.07) is 31.3. The highest BCUT2D eigenvalue weighted by Gasteiger charge is 2.15. The summed E-state index contributed by atoms with van der Waals surface area (Å²) in [6.07, 6.45) is 0. The molecule has 0 heterocycles. The molecule has 0 atom stereocenters. The van der Waals surface area contributed by atoms with Crippen LogP contribution in [0, 0.1) is 27.7 Å². The molecule has 0 saturated carbocycles. The third kappa shape index (κ3) is 3.80. The summed E-state index contributed by atoms with van der Waals surface area (Å²) < 4.78 is 0. The Morgan fingerprint density at radius 1 is 0.500 bits per heavy atom. The number of benzene rings is 5. The molecule has 0 nitrogen and oxygen atoms in total. The molecule has 0 fully saturated rings. The Bertz CT molecular complexity index is 1480. The minimum absolute atomic E-state index is 1.29. The van der Waals surface area contributed by atoms with Crippen LogP contribution in [-0.4, -0.2) is 0 Å². The SMILES string of the molecule is Cc1cc(C)c(P=Pc2c(C)cc3ccccc3c2-c2cccc3ccccc23)c(C)c1. The Morgan fingerprint density at radius 3 is 1.81 bits per heavy atom. The van der Waals surface area contributed by atoms with Gasteiger partial charge in [0.05, 0.1) is 0 Å². The van der Waals surface area contributed by atoms with Crippen molar-refractivity contribution >= 4 is 47.9 Å². The third-order valence-electron chi connectivity index (χ3n) is 6.16. The second-order valence-corrected chi connectivity index (χ2v) is 11.1. The van der Waals surface area contributed by atoms with E-state index in [2.05, 4.69) is 113 Å². The van der Waals surface area contributed by atoms with Gasteiger partial charge in [-0.15, -0.1) is 0 Å². The van der Waals surface area contributed by atoms with Gasteiger partial charge >= 0.3 is 0 Å². The van der Waals surface area contributed by atoms with Gasteiger partial charge in [-0.2, -0.15) is 0 Å². The van der Waals surface area contributed by atoms with Crippen molar-refractivity contribution in [3.05, 3.63) is 107 Å². The first-order chi connectivity index (χ1) is 15.5. The van der Waals surface area contributed by atoms with Crippen molar-refractivity contribution < 1.29 is 0 Å². The first kappa shape index (κ1) is 21.1. The molecule has 0 spiro atoms. The van der Waals surface area contributed by atoms with Crippen LogP contribution in [0.15, 0.2) is 84.9 Å². The number of fused-ring (bicyclic) bond motifs is 2. The fourth-order valence-electron chi connectivity index (χ4n) is 4.75. The van der Waals surface area contributed by atoms with Crippen LogP contribution >= 0.6 is 15.7 Å². The molecule has 32 heavy (non-hydrogen) atoms. The van der Waals surface area contributed by atoms with E-state index in [1.807, 2.05) is 0 Å². The lowest BCUT2D eigenvalue weighted by Crippen LogP contribution is -2.06. The van der Waals surface area contributed by atoms with Crippen LogP contribution in [0.5, 0.6) is 0 Å². The van der Waals surface area contributed by atoms with Crippen LogP contribution in [0.4, 0.5) is 0 Å². The van der Waals surface area contributed by atoms with Crippen molar-refractivity contribution in [1.29, 1.82) is 0 Å². The highest BCUT2D eigenvalue weighted by atomic mass is 31.7. The minimum atomic E-state index is 1.29. The molecule has 0 radical (unpaired) electrons. The fourth-order valence-corrected chi connectivity index (χ4v) is 8.28. The molecule has 156 valence electrons. The van der Waals surface area contributed by atoms with E-state index in [0.29, 0.717) is 0 Å². The van der Waals surface area contributed by atoms with Crippen molar-refractivity contribution in [1.82, 2.24) is 0 Å². The summed E-state index contributed by atoms with van der Waals surface area (Å²) in [7, 11) is 2.67. The maximum Gasteiger partial charge on any atom is 0.0178 e. The van der Waals surface area contributed by atoms with Gasteiger partial charge in [0, 0.05) is 16.2 Å². The highest BCUT2D eigenvalue weighted by Crippen LogP contribution is 2.37. The van der Waals surface area contributed by atoms with E-state index in [9.17, 15) is 0 Å². The predicted molar refractivity (Wildman–Crippen MR) is 145 cm³/mol. The Kier molecular flexibility index (Phi) is 5.69. The second-order valence-electron chi connectivity index (χ2n) is 8.61. The minimum Gasteiger partial charge on any atom is -0.0616 e. The van der Waals surface area contributed by atoms with Gasteiger partial charge in [0.25, 0.3) is 0 Å². The molecule has 0 amide bonds. The van der Waals surface area contributed by atoms with E-state index in [-0.39, 0.29) is 0 Å². The summed E-state index contributed by atoms with van der Waals surface area (Å²) in [6.45, 7) is 8.95. The van der Waals surface area contributed by atoms with E-state index in [1.165, 1.54) is 81.3 Å². The van der Waals surface area contributed by atoms with E-state index in [0.717, 1.165) is 0 Å². The molecular weight excluding hydrogens is 422 g/mol. The lowest BCUT2D eigenvalue weighted by Gasteiger charge is -2.16. The quantitative estimate of drug-likeness (QED) is 0.242. The average molecular weight is 448 g/mol. The number of hydrogen-bond acceptors (Lipinski definition) is 0. The predicted octanol–water partition coefficient (Wildman–Crippen LogP) is 8.65. The molecule has 0 aliphatic rings. The summed E-state index contributed by atoms with van der Waals surface area (Å²) in [4.78, 5) is 0. The van der Waals surface area contributed by atoms with E-state index < -0.39 is 0 Å². The van der Waals surface area contributed by atoms with Gasteiger partial charge in [0.15, 0.2) is 0 Å². The standard InChI is InChI=1S/C30H26P2/c1-19-16-20(2)29(21(3)17-19)31-32-30-22(4)18-24-11-6-8-14-26(24)28(30)27-15-9-12-23-10-5-7-13-25(23)27/h5-18H,1-4H3. The topological polar surface area (TPSA) is 0 Å². The van der Waals surface area contributed by atoms with Gasteiger partial charge in [-0.25, -0.2) is 0 Å². The lowest BCUT2D eigenvalue weighted by atomic mass is 9.92. The maximum atomic E-state index is 2.36. The van der Waals surface area contributed by atoms with E-state index >= 15 is 0 Å². The molecule has 5 aromatic carbocycles. The molecule has 0 bridgehead atoms. The number of rotatable bonds is 3. The lowest BCUT2D eigenvalue weighted by molar-refractivity contribution is 1.36. The van der Waals surface area contributed by atoms with Crippen LogP contribution in [-0.2, 0) is 0 Å². The first-order valence-corrected chi connectivity index (χ1v) is 13.5. The van der Waals surface area contributed by atoms with Gasteiger partial charge in [0.2, 0.25) is 0 Å². The van der Waals surface area contributed by atoms with Crippen LogP contribution in [0.2, 0.25) is 0 Å². The zero-order valence-electron chi connectivity index (χ0n) is 19.0. The fraction of sp³-hybridized carbons (Fsp3) is 0.133. The molecular formula is C30H26P2. The van der Waals surface area contributed by atoms with Crippen LogP contribution in [0.1, 0.15) is 22.3 Å². The summed E-state index contributed by atoms with van der Waals surface area (Å²) in [5.41, 5.74) is 8.20. The normalized spacial score (nSPS) is 11.6. The largest absolute Gasteiger partial charge is 0.0616 e. The van der Waals surface area contributed by atoms with Crippen molar-refractivity contribution in [2.45, 2.75) is 27.7 Å². The number of hydrogen-bond donors (Lipinski definition) is 0. The zero-order valence-corrected chi connectivity index (χ0v) is 20.8. The van der Waals surface area contributed by atoms with Crippen molar-refractivity contribution in [3.63, 3.8) is 0 Å². The molecule has 2 heteroatoms. The van der Waals surface area contributed by atoms with Gasteiger partial charge in [-0.05, 0) is 87.2 Å². The molecule has 0 N–H and O–H groups in total. The molecule has 0 saturated heterocycles. The second kappa shape index (κ2) is 8.63. The highest BCUT2D eigenvalue weighted by molar-refractivity contribution is 7.91. The van der Waals surface area contributed by atoms with Crippen LogP contribution in [0.25, 0.3) is 32.7 Å². The van der Waals surface area contributed by atoms with Crippen molar-refractivity contribution in [3.8, 4) is 11.1 Å². The van der Waals surface area contributed by atoms with Gasteiger partial charge < -0.3 is 0 Å². The average Bonchev–Trinajstić information content (AvgIpc) is 2.78. The molecule has 0 aliphatic carbocycles. The van der Waals surface area contributed by atoms with E-state index in [1.54, 1.807) is 0 Å². The van der Waals surface area contributed by atoms with Crippen molar-refractivity contribution in [2.75, 3.05) is 0 Å². The third-order valence-corrected chi connectivity index (χ3v) is 9.44. The maximum absolute atomic E-state index is 2.36. The Balaban J connectivity index is 1.82. The van der Waals surface area contributed by atoms with Crippen molar-refractivity contribution in [2.24, 2.45) is 0 Å². The Hall–Kier alpha value is -2.78. The molecule has 0 aliphatic heterocycles. The van der Waals surface area contributed by atoms with Gasteiger partial charge in [-0.3, -0.25) is 0 Å². The Labute approximate surface area is 193 Å². The molecule has 5 rings (SSSR count). The van der Waals surface area contributed by atoms with Crippen LogP contribution in [0.3, 0.4) is 0 Å². The van der Waals surface area contributed by atoms with Gasteiger partial charge in [0.1, 0.15) is 0 Å². The summed E-state index contributed by atoms with van der Waals surface area (Å²) >= 11 is 0.